The van der Waals surface area contributed by atoms with E-state index >= 15 is 0 Å². The first kappa shape index (κ1) is 53.1. The molecule has 0 bridgehead atoms. The summed E-state index contributed by atoms with van der Waals surface area (Å²) >= 11 is 0. The molecule has 4 nitrogen and oxygen atoms in total. The Morgan fingerprint density at radius 1 is 0.446 bits per heavy atom. The van der Waals surface area contributed by atoms with Gasteiger partial charge in [-0.1, -0.05) is 200 Å². The Balaban J connectivity index is 3.76. The number of allylic oxidation sites excluding steroid dienone is 17. The fraction of sp³-hybridized carbons (Fsp3) is 0.635. The molecule has 0 aromatic heterocycles. The number of aliphatic hydroxyl groups is 2. The quantitative estimate of drug-likeness (QED) is 0.0429. The van der Waals surface area contributed by atoms with Gasteiger partial charge in [-0.25, -0.2) is 0 Å². The van der Waals surface area contributed by atoms with Crippen LogP contribution in [-0.2, 0) is 4.79 Å². The summed E-state index contributed by atoms with van der Waals surface area (Å²) in [5.74, 6) is -0.124. The maximum Gasteiger partial charge on any atom is 0.220 e. The van der Waals surface area contributed by atoms with E-state index in [0.29, 0.717) is 6.42 Å². The molecule has 2 atom stereocenters. The van der Waals surface area contributed by atoms with Crippen LogP contribution in [0.1, 0.15) is 194 Å². The summed E-state index contributed by atoms with van der Waals surface area (Å²) in [6.45, 7) is 4.15. The standard InChI is InChI=1S/C52H87NO3/c1-3-5-7-9-11-13-15-17-19-21-23-25-26-28-29-31-33-35-37-39-41-43-45-47-51(55)50(49-54)53-52(56)48-46-44-42-40-38-36-34-32-30-27-24-22-20-18-16-14-12-10-8-6-4-2/h6,8,12,14,18,20,24,27,29,31-32,34,37-40,45,47,50-51,54-55H,3-5,7,9-11,13,15-17,19,21-23,25-26,28,30,33,35-36,41-44,46,48-49H2,1-2H3,(H,53,56)/b8-6-,14-12-,20-18-,27-24-,31-29+,34-32-,39-37+,40-38-,47-45+. The van der Waals surface area contributed by atoms with Crippen LogP contribution in [0.2, 0.25) is 0 Å². The first-order chi connectivity index (χ1) is 27.7. The maximum absolute atomic E-state index is 12.4. The highest BCUT2D eigenvalue weighted by molar-refractivity contribution is 5.76. The van der Waals surface area contributed by atoms with Crippen molar-refractivity contribution in [2.45, 2.75) is 206 Å². The summed E-state index contributed by atoms with van der Waals surface area (Å²) in [5.41, 5.74) is 0. The Bertz CT molecular complexity index is 1110. The van der Waals surface area contributed by atoms with E-state index in [2.05, 4.69) is 116 Å². The molecule has 56 heavy (non-hydrogen) atoms. The molecule has 0 spiro atoms. The monoisotopic (exact) mass is 774 g/mol. The topological polar surface area (TPSA) is 69.6 Å². The number of nitrogens with one attached hydrogen (secondary N) is 1. The fourth-order valence-corrected chi connectivity index (χ4v) is 6.21. The van der Waals surface area contributed by atoms with Crippen molar-refractivity contribution in [2.24, 2.45) is 0 Å². The van der Waals surface area contributed by atoms with Crippen LogP contribution in [0.3, 0.4) is 0 Å². The van der Waals surface area contributed by atoms with Crippen molar-refractivity contribution in [1.29, 1.82) is 0 Å². The van der Waals surface area contributed by atoms with Crippen molar-refractivity contribution < 1.29 is 15.0 Å². The molecular formula is C52H87NO3. The molecule has 0 aliphatic carbocycles. The highest BCUT2D eigenvalue weighted by atomic mass is 16.3. The van der Waals surface area contributed by atoms with E-state index in [4.69, 9.17) is 0 Å². The molecule has 0 radical (unpaired) electrons. The number of amides is 1. The van der Waals surface area contributed by atoms with Crippen LogP contribution in [0.5, 0.6) is 0 Å². The third-order valence-corrected chi connectivity index (χ3v) is 9.72. The zero-order chi connectivity index (χ0) is 40.7. The maximum atomic E-state index is 12.4. The molecule has 3 N–H and O–H groups in total. The Kier molecular flexibility index (Phi) is 44.0. The summed E-state index contributed by atoms with van der Waals surface area (Å²) in [5, 5.41) is 23.0. The minimum atomic E-state index is -0.896. The normalized spacial score (nSPS) is 14.0. The molecule has 0 aliphatic heterocycles. The molecule has 2 unspecified atom stereocenters. The molecule has 0 saturated heterocycles. The average Bonchev–Trinajstić information content (AvgIpc) is 3.20. The van der Waals surface area contributed by atoms with Crippen LogP contribution in [0.15, 0.2) is 109 Å². The summed E-state index contributed by atoms with van der Waals surface area (Å²) in [7, 11) is 0. The van der Waals surface area contributed by atoms with E-state index in [-0.39, 0.29) is 12.5 Å². The van der Waals surface area contributed by atoms with Crippen molar-refractivity contribution in [3.8, 4) is 0 Å². The van der Waals surface area contributed by atoms with Gasteiger partial charge in [-0.15, -0.1) is 0 Å². The summed E-state index contributed by atoms with van der Waals surface area (Å²) in [6.07, 6.45) is 70.6. The Labute approximate surface area is 346 Å². The second-order valence-electron chi connectivity index (χ2n) is 15.1. The Morgan fingerprint density at radius 3 is 1.25 bits per heavy atom. The second kappa shape index (κ2) is 46.4. The van der Waals surface area contributed by atoms with Gasteiger partial charge in [0.15, 0.2) is 0 Å². The molecule has 0 heterocycles. The number of hydrogen-bond donors (Lipinski definition) is 3. The van der Waals surface area contributed by atoms with E-state index in [1.54, 1.807) is 6.08 Å². The smallest absolute Gasteiger partial charge is 0.220 e. The summed E-state index contributed by atoms with van der Waals surface area (Å²) in [4.78, 5) is 12.4. The third kappa shape index (κ3) is 42.2. The van der Waals surface area contributed by atoms with Crippen LogP contribution in [0.25, 0.3) is 0 Å². The van der Waals surface area contributed by atoms with Crippen LogP contribution >= 0.6 is 0 Å². The zero-order valence-electron chi connectivity index (χ0n) is 36.4. The van der Waals surface area contributed by atoms with Crippen LogP contribution in [-0.4, -0.2) is 34.9 Å². The van der Waals surface area contributed by atoms with E-state index in [9.17, 15) is 15.0 Å². The summed E-state index contributed by atoms with van der Waals surface area (Å²) < 4.78 is 0. The van der Waals surface area contributed by atoms with Crippen molar-refractivity contribution in [1.82, 2.24) is 5.32 Å². The highest BCUT2D eigenvalue weighted by Gasteiger charge is 2.17. The van der Waals surface area contributed by atoms with E-state index < -0.39 is 12.1 Å². The van der Waals surface area contributed by atoms with Crippen LogP contribution < -0.4 is 5.32 Å². The summed E-state index contributed by atoms with van der Waals surface area (Å²) in [6, 6.07) is -0.677. The molecule has 0 aromatic carbocycles. The van der Waals surface area contributed by atoms with Gasteiger partial charge in [-0.3, -0.25) is 4.79 Å². The highest BCUT2D eigenvalue weighted by Crippen LogP contribution is 2.13. The molecule has 0 fully saturated rings. The predicted molar refractivity (Wildman–Crippen MR) is 248 cm³/mol. The SMILES string of the molecule is CC/C=C\C/C=C\C/C=C\C/C=C\C/C=C\C/C=C\CCCCC(=O)NC(CO)C(O)/C=C/CC/C=C/CC/C=C/CCCCCCCCCCCCCCC. The van der Waals surface area contributed by atoms with Crippen LogP contribution in [0, 0.1) is 0 Å². The molecule has 318 valence electrons. The molecule has 0 aromatic rings. The van der Waals surface area contributed by atoms with Gasteiger partial charge in [0, 0.05) is 6.42 Å². The first-order valence-electron chi connectivity index (χ1n) is 23.1. The molecule has 0 aliphatic rings. The molecule has 1 amide bonds. The average molecular weight is 774 g/mol. The molecule has 0 rings (SSSR count). The van der Waals surface area contributed by atoms with Crippen molar-refractivity contribution in [3.63, 3.8) is 0 Å². The Morgan fingerprint density at radius 2 is 0.804 bits per heavy atom. The molecule has 0 saturated carbocycles. The lowest BCUT2D eigenvalue weighted by molar-refractivity contribution is -0.123. The number of rotatable bonds is 40. The minimum Gasteiger partial charge on any atom is -0.394 e. The Hall–Kier alpha value is -2.95. The fourth-order valence-electron chi connectivity index (χ4n) is 6.21. The van der Waals surface area contributed by atoms with Gasteiger partial charge < -0.3 is 15.5 Å². The minimum absolute atomic E-state index is 0.124. The number of aliphatic hydroxyl groups excluding tert-OH is 2. The number of carbonyl (C=O) groups excluding carboxylic acids is 1. The van der Waals surface area contributed by atoms with Gasteiger partial charge in [0.25, 0.3) is 0 Å². The zero-order valence-corrected chi connectivity index (χ0v) is 36.4. The largest absolute Gasteiger partial charge is 0.394 e. The van der Waals surface area contributed by atoms with Gasteiger partial charge >= 0.3 is 0 Å². The van der Waals surface area contributed by atoms with E-state index in [1.165, 1.54) is 89.9 Å². The third-order valence-electron chi connectivity index (χ3n) is 9.72. The van der Waals surface area contributed by atoms with Gasteiger partial charge in [0.2, 0.25) is 5.91 Å². The predicted octanol–water partition coefficient (Wildman–Crippen LogP) is 14.8. The van der Waals surface area contributed by atoms with Gasteiger partial charge in [0.1, 0.15) is 0 Å². The van der Waals surface area contributed by atoms with Gasteiger partial charge in [-0.2, -0.15) is 0 Å². The van der Waals surface area contributed by atoms with Crippen molar-refractivity contribution in [3.05, 3.63) is 109 Å². The van der Waals surface area contributed by atoms with Crippen molar-refractivity contribution >= 4 is 5.91 Å². The molecular weight excluding hydrogens is 687 g/mol. The molecule has 4 heteroatoms. The lowest BCUT2D eigenvalue weighted by Crippen LogP contribution is -2.45. The number of unbranched alkanes of at least 4 members (excludes halogenated alkanes) is 17. The van der Waals surface area contributed by atoms with E-state index in [1.807, 2.05) is 6.08 Å². The van der Waals surface area contributed by atoms with Gasteiger partial charge in [-0.05, 0) is 96.3 Å². The lowest BCUT2D eigenvalue weighted by Gasteiger charge is -2.19. The first-order valence-corrected chi connectivity index (χ1v) is 23.1. The number of hydrogen-bond acceptors (Lipinski definition) is 3. The second-order valence-corrected chi connectivity index (χ2v) is 15.1. The van der Waals surface area contributed by atoms with Crippen molar-refractivity contribution in [2.75, 3.05) is 6.61 Å². The van der Waals surface area contributed by atoms with Crippen LogP contribution in [0.4, 0.5) is 0 Å². The number of carbonyl (C=O) groups is 1. The van der Waals surface area contributed by atoms with Gasteiger partial charge in [0.05, 0.1) is 18.8 Å². The van der Waals surface area contributed by atoms with E-state index in [0.717, 1.165) is 83.5 Å². The lowest BCUT2D eigenvalue weighted by atomic mass is 10.0.